The second-order valence-corrected chi connectivity index (χ2v) is 4.03. The van der Waals surface area contributed by atoms with Crippen LogP contribution in [0, 0.1) is 6.92 Å². The van der Waals surface area contributed by atoms with Crippen LogP contribution < -0.4 is 0 Å². The van der Waals surface area contributed by atoms with Gasteiger partial charge in [-0.05, 0) is 19.8 Å². The summed E-state index contributed by atoms with van der Waals surface area (Å²) >= 11 is 0. The predicted octanol–water partition coefficient (Wildman–Crippen LogP) is 1.61. The Morgan fingerprint density at radius 1 is 1.53 bits per heavy atom. The van der Waals surface area contributed by atoms with Gasteiger partial charge in [-0.2, -0.15) is 0 Å². The lowest BCUT2D eigenvalue weighted by Gasteiger charge is -2.29. The molecule has 0 aliphatic rings. The number of hydrogen-bond acceptors (Lipinski definition) is 4. The second-order valence-electron chi connectivity index (χ2n) is 4.03. The topological polar surface area (TPSA) is 66.6 Å². The lowest BCUT2D eigenvalue weighted by atomic mass is 10.1. The van der Waals surface area contributed by atoms with Crippen molar-refractivity contribution in [1.29, 1.82) is 0 Å². The third-order valence-corrected chi connectivity index (χ3v) is 2.93. The van der Waals surface area contributed by atoms with Crippen molar-refractivity contribution in [3.05, 3.63) is 17.5 Å². The van der Waals surface area contributed by atoms with Crippen LogP contribution in [-0.2, 0) is 0 Å². The second kappa shape index (κ2) is 6.39. The zero-order chi connectivity index (χ0) is 12.8. The van der Waals surface area contributed by atoms with E-state index in [0.717, 1.165) is 18.4 Å². The third kappa shape index (κ3) is 3.06. The molecule has 1 heterocycles. The Kier molecular flexibility index (Phi) is 5.15. The summed E-state index contributed by atoms with van der Waals surface area (Å²) in [5, 5.41) is 12.7. The number of aliphatic hydroxyl groups excluding tert-OH is 1. The smallest absolute Gasteiger partial charge is 0.293 e. The number of aryl methyl sites for hydroxylation is 1. The molecule has 0 atom stereocenters. The highest BCUT2D eigenvalue weighted by molar-refractivity contribution is 5.92. The average Bonchev–Trinajstić information content (AvgIpc) is 2.75. The van der Waals surface area contributed by atoms with Gasteiger partial charge in [-0.1, -0.05) is 19.0 Å². The van der Waals surface area contributed by atoms with Gasteiger partial charge in [0.05, 0.1) is 12.8 Å². The summed E-state index contributed by atoms with van der Waals surface area (Å²) in [5.74, 6) is 0.0769. The Labute approximate surface area is 101 Å². The van der Waals surface area contributed by atoms with Gasteiger partial charge in [0.1, 0.15) is 0 Å². The number of carbonyl (C=O) groups excluding carboxylic acids is 1. The number of aliphatic hydroxyl groups is 1. The molecule has 0 saturated carbocycles. The van der Waals surface area contributed by atoms with E-state index in [1.807, 2.05) is 13.8 Å². The standard InChI is InChI=1S/C12H20N2O3/c1-4-10(5-2)14(6-7-15)12(16)11-9(3)8-13-17-11/h8,10,15H,4-7H2,1-3H3. The SMILES string of the molecule is CCC(CC)N(CCO)C(=O)c1oncc1C. The van der Waals surface area contributed by atoms with Crippen molar-refractivity contribution < 1.29 is 14.4 Å². The van der Waals surface area contributed by atoms with Gasteiger partial charge < -0.3 is 14.5 Å². The summed E-state index contributed by atoms with van der Waals surface area (Å²) in [5.41, 5.74) is 0.726. The van der Waals surface area contributed by atoms with Crippen LogP contribution in [0.2, 0.25) is 0 Å². The molecule has 1 aromatic rings. The van der Waals surface area contributed by atoms with E-state index < -0.39 is 0 Å². The maximum atomic E-state index is 12.3. The first-order chi connectivity index (χ1) is 8.15. The molecule has 1 aromatic heterocycles. The molecule has 5 heteroatoms. The number of hydrogen-bond donors (Lipinski definition) is 1. The molecule has 0 spiro atoms. The fourth-order valence-corrected chi connectivity index (χ4v) is 1.91. The Balaban J connectivity index is 2.91. The highest BCUT2D eigenvalue weighted by Gasteiger charge is 2.25. The van der Waals surface area contributed by atoms with Crippen LogP contribution in [0.3, 0.4) is 0 Å². The summed E-state index contributed by atoms with van der Waals surface area (Å²) < 4.78 is 4.97. The van der Waals surface area contributed by atoms with Crippen molar-refractivity contribution in [2.24, 2.45) is 0 Å². The normalized spacial score (nSPS) is 10.9. The van der Waals surface area contributed by atoms with Gasteiger partial charge in [-0.15, -0.1) is 0 Å². The highest BCUT2D eigenvalue weighted by Crippen LogP contribution is 2.15. The number of aromatic nitrogens is 1. The monoisotopic (exact) mass is 240 g/mol. The molecule has 0 unspecified atom stereocenters. The van der Waals surface area contributed by atoms with Crippen LogP contribution in [0.25, 0.3) is 0 Å². The Morgan fingerprint density at radius 3 is 2.59 bits per heavy atom. The fraction of sp³-hybridized carbons (Fsp3) is 0.667. The quantitative estimate of drug-likeness (QED) is 0.820. The summed E-state index contributed by atoms with van der Waals surface area (Å²) in [6.45, 7) is 6.12. The van der Waals surface area contributed by atoms with E-state index in [0.29, 0.717) is 6.54 Å². The van der Waals surface area contributed by atoms with Crippen molar-refractivity contribution in [3.63, 3.8) is 0 Å². The maximum absolute atomic E-state index is 12.3. The van der Waals surface area contributed by atoms with Crippen molar-refractivity contribution in [3.8, 4) is 0 Å². The van der Waals surface area contributed by atoms with Crippen LogP contribution in [-0.4, -0.2) is 40.3 Å². The molecule has 0 saturated heterocycles. The predicted molar refractivity (Wildman–Crippen MR) is 63.7 cm³/mol. The van der Waals surface area contributed by atoms with Gasteiger partial charge in [0.15, 0.2) is 0 Å². The van der Waals surface area contributed by atoms with Crippen molar-refractivity contribution in [1.82, 2.24) is 10.1 Å². The largest absolute Gasteiger partial charge is 0.395 e. The lowest BCUT2D eigenvalue weighted by molar-refractivity contribution is 0.0580. The van der Waals surface area contributed by atoms with E-state index in [9.17, 15) is 4.79 Å². The molecule has 0 radical (unpaired) electrons. The highest BCUT2D eigenvalue weighted by atomic mass is 16.5. The van der Waals surface area contributed by atoms with Gasteiger partial charge in [-0.3, -0.25) is 4.79 Å². The molecule has 5 nitrogen and oxygen atoms in total. The minimum absolute atomic E-state index is 0.0462. The summed E-state index contributed by atoms with van der Waals surface area (Å²) in [6, 6.07) is 0.124. The molecule has 1 amide bonds. The van der Waals surface area contributed by atoms with E-state index in [1.165, 1.54) is 6.20 Å². The molecule has 96 valence electrons. The van der Waals surface area contributed by atoms with Crippen LogP contribution in [0.4, 0.5) is 0 Å². The average molecular weight is 240 g/mol. The fourth-order valence-electron chi connectivity index (χ4n) is 1.91. The lowest BCUT2D eigenvalue weighted by Crippen LogP contribution is -2.41. The van der Waals surface area contributed by atoms with Crippen molar-refractivity contribution in [2.75, 3.05) is 13.2 Å². The summed E-state index contributed by atoms with van der Waals surface area (Å²) in [6.07, 6.45) is 3.24. The number of carbonyl (C=O) groups is 1. The Bertz CT molecular complexity index is 358. The van der Waals surface area contributed by atoms with Gasteiger partial charge in [-0.25, -0.2) is 0 Å². The van der Waals surface area contributed by atoms with E-state index in [-0.39, 0.29) is 24.3 Å². The summed E-state index contributed by atoms with van der Waals surface area (Å²) in [4.78, 5) is 13.9. The first-order valence-electron chi connectivity index (χ1n) is 5.98. The minimum atomic E-state index is -0.192. The van der Waals surface area contributed by atoms with Crippen LogP contribution in [0.1, 0.15) is 42.8 Å². The van der Waals surface area contributed by atoms with Crippen LogP contribution >= 0.6 is 0 Å². The molecule has 0 fully saturated rings. The Hall–Kier alpha value is -1.36. The van der Waals surface area contributed by atoms with E-state index in [1.54, 1.807) is 11.8 Å². The molecule has 1 rings (SSSR count). The van der Waals surface area contributed by atoms with Crippen LogP contribution in [0.15, 0.2) is 10.7 Å². The minimum Gasteiger partial charge on any atom is -0.395 e. The van der Waals surface area contributed by atoms with Gasteiger partial charge in [0, 0.05) is 18.2 Å². The molecular formula is C12H20N2O3. The first kappa shape index (κ1) is 13.7. The van der Waals surface area contributed by atoms with Gasteiger partial charge >= 0.3 is 0 Å². The number of nitrogens with zero attached hydrogens (tertiary/aromatic N) is 2. The molecule has 0 aliphatic carbocycles. The van der Waals surface area contributed by atoms with E-state index in [4.69, 9.17) is 9.63 Å². The maximum Gasteiger partial charge on any atom is 0.293 e. The molecular weight excluding hydrogens is 220 g/mol. The molecule has 0 aliphatic heterocycles. The zero-order valence-electron chi connectivity index (χ0n) is 10.6. The molecule has 0 bridgehead atoms. The summed E-state index contributed by atoms with van der Waals surface area (Å²) in [7, 11) is 0. The Morgan fingerprint density at radius 2 is 2.18 bits per heavy atom. The first-order valence-corrected chi connectivity index (χ1v) is 5.98. The van der Waals surface area contributed by atoms with E-state index >= 15 is 0 Å². The number of rotatable bonds is 6. The van der Waals surface area contributed by atoms with Crippen LogP contribution in [0.5, 0.6) is 0 Å². The van der Waals surface area contributed by atoms with Gasteiger partial charge in [0.25, 0.3) is 5.91 Å². The van der Waals surface area contributed by atoms with Gasteiger partial charge in [0.2, 0.25) is 5.76 Å². The number of amides is 1. The zero-order valence-corrected chi connectivity index (χ0v) is 10.6. The third-order valence-electron chi connectivity index (χ3n) is 2.93. The molecule has 0 aromatic carbocycles. The van der Waals surface area contributed by atoms with Crippen molar-refractivity contribution in [2.45, 2.75) is 39.7 Å². The molecule has 1 N–H and O–H groups in total. The van der Waals surface area contributed by atoms with E-state index in [2.05, 4.69) is 5.16 Å². The molecule has 17 heavy (non-hydrogen) atoms. The van der Waals surface area contributed by atoms with Crippen molar-refractivity contribution >= 4 is 5.91 Å².